The molecule has 0 unspecified atom stereocenters. The van der Waals surface area contributed by atoms with Gasteiger partial charge in [-0.25, -0.2) is 0 Å². The maximum atomic E-state index is 10.9. The lowest BCUT2D eigenvalue weighted by atomic mass is 10.1. The summed E-state index contributed by atoms with van der Waals surface area (Å²) in [5.41, 5.74) is 2.70. The molecule has 0 aromatic heterocycles. The molecule has 18 heavy (non-hydrogen) atoms. The molecule has 0 amide bonds. The van der Waals surface area contributed by atoms with Gasteiger partial charge in [0.05, 0.1) is 0 Å². The van der Waals surface area contributed by atoms with E-state index in [2.05, 4.69) is 15.9 Å². The highest BCUT2D eigenvalue weighted by molar-refractivity contribution is 9.10. The van der Waals surface area contributed by atoms with E-state index in [-0.39, 0.29) is 0 Å². The molecule has 0 atom stereocenters. The number of benzene rings is 2. The van der Waals surface area contributed by atoms with E-state index in [1.807, 2.05) is 43.3 Å². The minimum Gasteiger partial charge on any atom is -0.489 e. The zero-order chi connectivity index (χ0) is 13.0. The summed E-state index contributed by atoms with van der Waals surface area (Å²) in [5, 5.41) is 0. The quantitative estimate of drug-likeness (QED) is 0.793. The summed E-state index contributed by atoms with van der Waals surface area (Å²) in [5.74, 6) is 0.710. The summed E-state index contributed by atoms with van der Waals surface area (Å²) in [6.45, 7) is 2.44. The molecule has 2 nitrogen and oxygen atoms in total. The average molecular weight is 305 g/mol. The normalized spacial score (nSPS) is 10.1. The van der Waals surface area contributed by atoms with E-state index < -0.39 is 0 Å². The number of hydrogen-bond acceptors (Lipinski definition) is 2. The smallest absolute Gasteiger partial charge is 0.151 e. The Morgan fingerprint density at radius 1 is 1.22 bits per heavy atom. The number of hydrogen-bond donors (Lipinski definition) is 0. The van der Waals surface area contributed by atoms with Gasteiger partial charge in [-0.2, -0.15) is 0 Å². The van der Waals surface area contributed by atoms with Gasteiger partial charge in [0.15, 0.2) is 6.29 Å². The molecule has 0 saturated carbocycles. The number of carbonyl (C=O) groups excluding carboxylic acids is 1. The van der Waals surface area contributed by atoms with Gasteiger partial charge in [0.2, 0.25) is 0 Å². The number of carbonyl (C=O) groups is 1. The molecule has 0 aliphatic rings. The zero-order valence-electron chi connectivity index (χ0n) is 10.0. The van der Waals surface area contributed by atoms with Gasteiger partial charge in [-0.15, -0.1) is 0 Å². The Balaban J connectivity index is 2.15. The Morgan fingerprint density at radius 3 is 2.61 bits per heavy atom. The summed E-state index contributed by atoms with van der Waals surface area (Å²) in [6, 6.07) is 13.6. The predicted molar refractivity (Wildman–Crippen MR) is 75.0 cm³/mol. The van der Waals surface area contributed by atoms with Crippen LogP contribution in [0.25, 0.3) is 0 Å². The number of rotatable bonds is 4. The Bertz CT molecular complexity index is 550. The lowest BCUT2D eigenvalue weighted by Gasteiger charge is -2.09. The lowest BCUT2D eigenvalue weighted by molar-refractivity contribution is 0.112. The standard InChI is InChI=1S/C15H13BrO2/c1-11-7-14(8-13(9-17)15(11)16)18-10-12-5-3-2-4-6-12/h2-9H,10H2,1H3. The first-order valence-corrected chi connectivity index (χ1v) is 6.42. The predicted octanol–water partition coefficient (Wildman–Crippen LogP) is 4.15. The van der Waals surface area contributed by atoms with Crippen LogP contribution in [-0.2, 0) is 6.61 Å². The third-order valence-electron chi connectivity index (χ3n) is 2.63. The van der Waals surface area contributed by atoms with E-state index in [0.29, 0.717) is 17.9 Å². The van der Waals surface area contributed by atoms with Crippen LogP contribution in [0.1, 0.15) is 21.5 Å². The SMILES string of the molecule is Cc1cc(OCc2ccccc2)cc(C=O)c1Br. The highest BCUT2D eigenvalue weighted by Gasteiger charge is 2.06. The molecule has 0 fully saturated rings. The van der Waals surface area contributed by atoms with Crippen LogP contribution in [0.5, 0.6) is 5.75 Å². The average Bonchev–Trinajstić information content (AvgIpc) is 2.41. The third kappa shape index (κ3) is 2.99. The summed E-state index contributed by atoms with van der Waals surface area (Å²) in [4.78, 5) is 10.9. The first-order valence-electron chi connectivity index (χ1n) is 5.63. The second kappa shape index (κ2) is 5.83. The number of halogens is 1. The molecule has 3 heteroatoms. The lowest BCUT2D eigenvalue weighted by Crippen LogP contribution is -1.97. The highest BCUT2D eigenvalue weighted by atomic mass is 79.9. The first kappa shape index (κ1) is 12.8. The fourth-order valence-electron chi connectivity index (χ4n) is 1.67. The topological polar surface area (TPSA) is 26.3 Å². The molecule has 0 saturated heterocycles. The molecule has 2 rings (SSSR count). The van der Waals surface area contributed by atoms with E-state index in [1.165, 1.54) is 0 Å². The van der Waals surface area contributed by atoms with E-state index in [1.54, 1.807) is 6.07 Å². The zero-order valence-corrected chi connectivity index (χ0v) is 11.6. The molecular weight excluding hydrogens is 292 g/mol. The van der Waals surface area contributed by atoms with Crippen molar-refractivity contribution >= 4 is 22.2 Å². The molecule has 0 spiro atoms. The Hall–Kier alpha value is -1.61. The van der Waals surface area contributed by atoms with Crippen molar-refractivity contribution < 1.29 is 9.53 Å². The fourth-order valence-corrected chi connectivity index (χ4v) is 2.00. The summed E-state index contributed by atoms with van der Waals surface area (Å²) < 4.78 is 6.51. The van der Waals surface area contributed by atoms with Crippen LogP contribution in [0.2, 0.25) is 0 Å². The maximum Gasteiger partial charge on any atom is 0.151 e. The van der Waals surface area contributed by atoms with Crippen molar-refractivity contribution in [1.82, 2.24) is 0 Å². The van der Waals surface area contributed by atoms with Crippen LogP contribution in [0, 0.1) is 6.92 Å². The van der Waals surface area contributed by atoms with Gasteiger partial charge in [0, 0.05) is 10.0 Å². The van der Waals surface area contributed by atoms with Crippen LogP contribution < -0.4 is 4.74 Å². The van der Waals surface area contributed by atoms with Crippen molar-refractivity contribution in [3.8, 4) is 5.75 Å². The monoisotopic (exact) mass is 304 g/mol. The van der Waals surface area contributed by atoms with Crippen LogP contribution in [0.3, 0.4) is 0 Å². The molecule has 2 aromatic rings. The molecule has 0 N–H and O–H groups in total. The number of aryl methyl sites for hydroxylation is 1. The van der Waals surface area contributed by atoms with Gasteiger partial charge in [0.1, 0.15) is 12.4 Å². The maximum absolute atomic E-state index is 10.9. The summed E-state index contributed by atoms with van der Waals surface area (Å²) >= 11 is 3.38. The number of ether oxygens (including phenoxy) is 1. The molecule has 2 aromatic carbocycles. The number of aldehydes is 1. The van der Waals surface area contributed by atoms with Crippen molar-refractivity contribution in [1.29, 1.82) is 0 Å². The first-order chi connectivity index (χ1) is 8.70. The summed E-state index contributed by atoms with van der Waals surface area (Å²) in [6.07, 6.45) is 0.826. The van der Waals surface area contributed by atoms with Gasteiger partial charge in [0.25, 0.3) is 0 Å². The minimum absolute atomic E-state index is 0.500. The van der Waals surface area contributed by atoms with Crippen LogP contribution in [0.4, 0.5) is 0 Å². The second-order valence-electron chi connectivity index (χ2n) is 4.04. The Labute approximate surface area is 115 Å². The molecule has 0 aliphatic heterocycles. The Kier molecular flexibility index (Phi) is 4.15. The molecule has 0 radical (unpaired) electrons. The van der Waals surface area contributed by atoms with Gasteiger partial charge in [-0.1, -0.05) is 30.3 Å². The van der Waals surface area contributed by atoms with E-state index >= 15 is 0 Å². The second-order valence-corrected chi connectivity index (χ2v) is 4.83. The van der Waals surface area contributed by atoms with E-state index in [4.69, 9.17) is 4.74 Å². The van der Waals surface area contributed by atoms with Crippen LogP contribution in [0.15, 0.2) is 46.9 Å². The van der Waals surface area contributed by atoms with Crippen molar-refractivity contribution in [2.75, 3.05) is 0 Å². The van der Waals surface area contributed by atoms with E-state index in [0.717, 1.165) is 21.9 Å². The molecule has 0 heterocycles. The van der Waals surface area contributed by atoms with Gasteiger partial charge in [-0.05, 0) is 46.1 Å². The molecule has 92 valence electrons. The summed E-state index contributed by atoms with van der Waals surface area (Å²) in [7, 11) is 0. The van der Waals surface area contributed by atoms with Crippen LogP contribution >= 0.6 is 15.9 Å². The molecular formula is C15H13BrO2. The van der Waals surface area contributed by atoms with Gasteiger partial charge >= 0.3 is 0 Å². The van der Waals surface area contributed by atoms with Gasteiger partial charge < -0.3 is 4.74 Å². The fraction of sp³-hybridized carbons (Fsp3) is 0.133. The van der Waals surface area contributed by atoms with Crippen molar-refractivity contribution in [2.45, 2.75) is 13.5 Å². The highest BCUT2D eigenvalue weighted by Crippen LogP contribution is 2.26. The van der Waals surface area contributed by atoms with Crippen molar-refractivity contribution in [3.63, 3.8) is 0 Å². The van der Waals surface area contributed by atoms with Crippen molar-refractivity contribution in [2.24, 2.45) is 0 Å². The Morgan fingerprint density at radius 2 is 1.94 bits per heavy atom. The largest absolute Gasteiger partial charge is 0.489 e. The van der Waals surface area contributed by atoms with Crippen LogP contribution in [-0.4, -0.2) is 6.29 Å². The van der Waals surface area contributed by atoms with E-state index in [9.17, 15) is 4.79 Å². The van der Waals surface area contributed by atoms with Crippen molar-refractivity contribution in [3.05, 3.63) is 63.6 Å². The molecule has 0 bridgehead atoms. The van der Waals surface area contributed by atoms with Gasteiger partial charge in [-0.3, -0.25) is 4.79 Å². The third-order valence-corrected chi connectivity index (χ3v) is 3.71. The molecule has 0 aliphatic carbocycles. The minimum atomic E-state index is 0.500.